The molecule has 1 amide bonds. The number of fused-ring (bicyclic) bond motifs is 3. The Morgan fingerprint density at radius 2 is 1.94 bits per heavy atom. The van der Waals surface area contributed by atoms with Crippen LogP contribution in [0.4, 0.5) is 11.4 Å². The Hall–Kier alpha value is -4.90. The maximum atomic E-state index is 13.3. The Morgan fingerprint density at radius 1 is 1.12 bits per heavy atom. The van der Waals surface area contributed by atoms with E-state index in [1.54, 1.807) is 55.6 Å². The SMILES string of the molecule is Cc1c(C#N)c2nc3ccccc3n2c(=O)c1=CNc1cccc(NC(=O)c2ccco2)c1. The molecular weight excluding hydrogens is 418 g/mol. The molecule has 0 aliphatic carbocycles. The van der Waals surface area contributed by atoms with Gasteiger partial charge in [-0.15, -0.1) is 0 Å². The minimum Gasteiger partial charge on any atom is -0.459 e. The minimum atomic E-state index is -0.366. The molecule has 8 nitrogen and oxygen atoms in total. The number of para-hydroxylation sites is 2. The molecule has 0 aliphatic rings. The van der Waals surface area contributed by atoms with E-state index in [2.05, 4.69) is 21.7 Å². The Kier molecular flexibility index (Phi) is 4.84. The Bertz CT molecular complexity index is 1680. The van der Waals surface area contributed by atoms with Gasteiger partial charge in [-0.05, 0) is 55.0 Å². The third-order valence-electron chi connectivity index (χ3n) is 5.36. The molecule has 33 heavy (non-hydrogen) atoms. The van der Waals surface area contributed by atoms with Gasteiger partial charge >= 0.3 is 0 Å². The fourth-order valence-electron chi connectivity index (χ4n) is 3.73. The highest BCUT2D eigenvalue weighted by atomic mass is 16.3. The van der Waals surface area contributed by atoms with Crippen molar-refractivity contribution in [3.05, 3.63) is 99.4 Å². The highest BCUT2D eigenvalue weighted by Crippen LogP contribution is 2.18. The highest BCUT2D eigenvalue weighted by molar-refractivity contribution is 6.02. The number of pyridine rings is 1. The molecule has 0 aliphatic heterocycles. The van der Waals surface area contributed by atoms with Crippen LogP contribution in [-0.4, -0.2) is 15.3 Å². The monoisotopic (exact) mass is 435 g/mol. The predicted molar refractivity (Wildman–Crippen MR) is 125 cm³/mol. The average Bonchev–Trinajstić information content (AvgIpc) is 3.48. The summed E-state index contributed by atoms with van der Waals surface area (Å²) in [5.74, 6) is -0.161. The third kappa shape index (κ3) is 3.47. The number of furan rings is 1. The lowest BCUT2D eigenvalue weighted by Gasteiger charge is -2.07. The van der Waals surface area contributed by atoms with E-state index < -0.39 is 0 Å². The van der Waals surface area contributed by atoms with Crippen molar-refractivity contribution >= 4 is 40.2 Å². The van der Waals surface area contributed by atoms with Crippen molar-refractivity contribution in [3.63, 3.8) is 0 Å². The van der Waals surface area contributed by atoms with E-state index in [-0.39, 0.29) is 17.2 Å². The topological polar surface area (TPSA) is 112 Å². The smallest absolute Gasteiger partial charge is 0.291 e. The standard InChI is InChI=1S/C25H17N5O3/c1-15-18(13-26)23-29-20-8-2-3-9-21(20)30(23)25(32)19(15)14-27-16-6-4-7-17(12-16)28-24(31)22-10-5-11-33-22/h2-12,14,27H,1H3,(H,28,31). The number of imidazole rings is 1. The summed E-state index contributed by atoms with van der Waals surface area (Å²) in [5, 5.41) is 16.0. The van der Waals surface area contributed by atoms with Crippen molar-refractivity contribution in [2.24, 2.45) is 0 Å². The van der Waals surface area contributed by atoms with Gasteiger partial charge in [-0.3, -0.25) is 14.0 Å². The van der Waals surface area contributed by atoms with Crippen molar-refractivity contribution in [1.82, 2.24) is 9.38 Å². The largest absolute Gasteiger partial charge is 0.459 e. The fraction of sp³-hybridized carbons (Fsp3) is 0.0400. The molecule has 160 valence electrons. The summed E-state index contributed by atoms with van der Waals surface area (Å²) in [6.07, 6.45) is 3.00. The van der Waals surface area contributed by atoms with Gasteiger partial charge in [0, 0.05) is 17.6 Å². The van der Waals surface area contributed by atoms with E-state index >= 15 is 0 Å². The summed E-state index contributed by atoms with van der Waals surface area (Å²) in [6.45, 7) is 1.73. The summed E-state index contributed by atoms with van der Waals surface area (Å²) in [7, 11) is 0. The lowest BCUT2D eigenvalue weighted by molar-refractivity contribution is 0.0996. The Balaban J connectivity index is 1.55. The zero-order valence-electron chi connectivity index (χ0n) is 17.5. The second kappa shape index (κ2) is 7.98. The number of hydrogen-bond acceptors (Lipinski definition) is 6. The average molecular weight is 435 g/mol. The number of amides is 1. The number of nitriles is 1. The molecule has 0 saturated heterocycles. The quantitative estimate of drug-likeness (QED) is 0.447. The van der Waals surface area contributed by atoms with Crippen LogP contribution >= 0.6 is 0 Å². The number of nitrogens with one attached hydrogen (secondary N) is 2. The van der Waals surface area contributed by atoms with E-state index in [9.17, 15) is 14.9 Å². The van der Waals surface area contributed by atoms with Crippen LogP contribution in [0.15, 0.2) is 76.1 Å². The first kappa shape index (κ1) is 20.0. The number of aromatic nitrogens is 2. The van der Waals surface area contributed by atoms with Gasteiger partial charge in [-0.25, -0.2) is 4.98 Å². The molecule has 8 heteroatoms. The van der Waals surface area contributed by atoms with E-state index in [4.69, 9.17) is 4.42 Å². The van der Waals surface area contributed by atoms with Crippen LogP contribution in [0, 0.1) is 18.3 Å². The van der Waals surface area contributed by atoms with Crippen LogP contribution < -0.4 is 21.4 Å². The van der Waals surface area contributed by atoms with E-state index in [1.165, 1.54) is 10.7 Å². The lowest BCUT2D eigenvalue weighted by Crippen LogP contribution is -2.34. The number of rotatable bonds is 4. The van der Waals surface area contributed by atoms with Gasteiger partial charge < -0.3 is 15.1 Å². The van der Waals surface area contributed by atoms with Gasteiger partial charge in [0.15, 0.2) is 11.4 Å². The highest BCUT2D eigenvalue weighted by Gasteiger charge is 2.16. The second-order valence-corrected chi connectivity index (χ2v) is 7.39. The maximum Gasteiger partial charge on any atom is 0.291 e. The summed E-state index contributed by atoms with van der Waals surface area (Å²) in [6, 6.07) is 19.7. The predicted octanol–water partition coefficient (Wildman–Crippen LogP) is 3.44. The van der Waals surface area contributed by atoms with Crippen LogP contribution in [0.5, 0.6) is 0 Å². The van der Waals surface area contributed by atoms with Crippen molar-refractivity contribution in [2.75, 3.05) is 10.6 Å². The van der Waals surface area contributed by atoms with Crippen molar-refractivity contribution in [1.29, 1.82) is 5.26 Å². The van der Waals surface area contributed by atoms with Crippen LogP contribution in [0.1, 0.15) is 21.7 Å². The first-order chi connectivity index (χ1) is 16.1. The van der Waals surface area contributed by atoms with Crippen molar-refractivity contribution < 1.29 is 9.21 Å². The molecule has 0 atom stereocenters. The molecule has 0 saturated carbocycles. The van der Waals surface area contributed by atoms with Gasteiger partial charge in [0.1, 0.15) is 6.07 Å². The second-order valence-electron chi connectivity index (χ2n) is 7.39. The molecule has 3 heterocycles. The molecule has 2 N–H and O–H groups in total. The van der Waals surface area contributed by atoms with E-state index in [0.29, 0.717) is 44.4 Å². The molecule has 5 aromatic rings. The fourth-order valence-corrected chi connectivity index (χ4v) is 3.73. The van der Waals surface area contributed by atoms with Gasteiger partial charge in [0.2, 0.25) is 0 Å². The van der Waals surface area contributed by atoms with Crippen LogP contribution in [0.3, 0.4) is 0 Å². The van der Waals surface area contributed by atoms with Crippen molar-refractivity contribution in [3.8, 4) is 6.07 Å². The maximum absolute atomic E-state index is 13.3. The summed E-state index contributed by atoms with van der Waals surface area (Å²) < 4.78 is 6.57. The zero-order chi connectivity index (χ0) is 22.9. The first-order valence-electron chi connectivity index (χ1n) is 10.1. The molecule has 0 spiro atoms. The van der Waals surface area contributed by atoms with E-state index in [0.717, 1.165) is 0 Å². The molecule has 2 aromatic carbocycles. The number of hydrogen-bond donors (Lipinski definition) is 2. The summed E-state index contributed by atoms with van der Waals surface area (Å²) in [5.41, 5.74) is 3.47. The number of carbonyl (C=O) groups is 1. The lowest BCUT2D eigenvalue weighted by atomic mass is 10.1. The number of carbonyl (C=O) groups excluding carboxylic acids is 1. The number of benzene rings is 2. The van der Waals surface area contributed by atoms with Crippen LogP contribution in [0.2, 0.25) is 0 Å². The molecule has 0 fully saturated rings. The molecule has 3 aromatic heterocycles. The normalized spacial score (nSPS) is 11.6. The van der Waals surface area contributed by atoms with Gasteiger partial charge in [0.25, 0.3) is 11.5 Å². The van der Waals surface area contributed by atoms with E-state index in [1.807, 2.05) is 18.2 Å². The van der Waals surface area contributed by atoms with Gasteiger partial charge in [-0.2, -0.15) is 5.26 Å². The summed E-state index contributed by atoms with van der Waals surface area (Å²) >= 11 is 0. The zero-order valence-corrected chi connectivity index (χ0v) is 17.5. The molecule has 0 bridgehead atoms. The van der Waals surface area contributed by atoms with Crippen molar-refractivity contribution in [2.45, 2.75) is 6.92 Å². The first-order valence-corrected chi connectivity index (χ1v) is 10.1. The van der Waals surface area contributed by atoms with Crippen LogP contribution in [0.25, 0.3) is 22.9 Å². The Labute approximate surface area is 187 Å². The number of nitrogens with zero attached hydrogens (tertiary/aromatic N) is 3. The minimum absolute atomic E-state index is 0.205. The molecular formula is C25H17N5O3. The molecule has 0 unspecified atom stereocenters. The summed E-state index contributed by atoms with van der Waals surface area (Å²) in [4.78, 5) is 30.0. The van der Waals surface area contributed by atoms with Crippen LogP contribution in [-0.2, 0) is 0 Å². The van der Waals surface area contributed by atoms with Gasteiger partial charge in [0.05, 0.1) is 28.1 Å². The van der Waals surface area contributed by atoms with Gasteiger partial charge in [-0.1, -0.05) is 18.2 Å². The number of anilines is 2. The molecule has 0 radical (unpaired) electrons. The third-order valence-corrected chi connectivity index (χ3v) is 5.36. The molecule has 5 rings (SSSR count). The Morgan fingerprint density at radius 3 is 2.73 bits per heavy atom.